The molecule has 50 valence electrons. The first kappa shape index (κ1) is 8.23. The molecule has 0 aromatic carbocycles. The van der Waals surface area contributed by atoms with E-state index in [-0.39, 0.29) is 0 Å². The summed E-state index contributed by atoms with van der Waals surface area (Å²) in [6, 6.07) is 0. The molecule has 0 aliphatic carbocycles. The van der Waals surface area contributed by atoms with Gasteiger partial charge >= 0.3 is 70.2 Å². The third-order valence-corrected chi connectivity index (χ3v) is 1.58. The normalized spacial score (nSPS) is 9.57. The zero-order valence-electron chi connectivity index (χ0n) is 4.81. The number of hydrogen-bond acceptors (Lipinski definition) is 0. The molecule has 0 rings (SSSR count). The van der Waals surface area contributed by atoms with E-state index in [2.05, 4.69) is 41.9 Å². The Balaban J connectivity index is 2.45. The molecule has 0 fully saturated rings. The fraction of sp³-hybridized carbons (Fsp3) is 1.00. The quantitative estimate of drug-likeness (QED) is 0.676. The van der Waals surface area contributed by atoms with Crippen molar-refractivity contribution in [2.45, 2.75) is 35.2 Å². The van der Waals surface area contributed by atoms with Crippen LogP contribution >= 0.6 is 0 Å². The summed E-state index contributed by atoms with van der Waals surface area (Å²) in [4.78, 5) is 0. The van der Waals surface area contributed by atoms with Crippen LogP contribution in [0.4, 0.5) is 0 Å². The number of unbranched alkanes of at least 4 members (excludes halogenated alkanes) is 3. The van der Waals surface area contributed by atoms with Gasteiger partial charge in [-0.1, -0.05) is 0 Å². The molecule has 0 heterocycles. The van der Waals surface area contributed by atoms with Gasteiger partial charge in [-0.3, -0.25) is 0 Å². The van der Waals surface area contributed by atoms with Crippen molar-refractivity contribution in [3.63, 3.8) is 0 Å². The summed E-state index contributed by atoms with van der Waals surface area (Å²) < 4.78 is 1.25. The number of hydrogen-bond donors (Lipinski definition) is 0. The van der Waals surface area contributed by atoms with Gasteiger partial charge in [-0.2, -0.15) is 0 Å². The molecule has 0 aromatic heterocycles. The molecule has 0 nitrogen and oxygen atoms in total. The van der Waals surface area contributed by atoms with Crippen LogP contribution in [0.3, 0.4) is 0 Å². The van der Waals surface area contributed by atoms with Crippen molar-refractivity contribution in [3.8, 4) is 0 Å². The van der Waals surface area contributed by atoms with Gasteiger partial charge in [0.1, 0.15) is 0 Å². The Morgan fingerprint density at radius 2 is 1.86 bits per heavy atom. The molecule has 0 aliphatic rings. The minimum atomic E-state index is 1.25. The molecular formula is C6H13Tm. The van der Waals surface area contributed by atoms with Gasteiger partial charge in [0.2, 0.25) is 0 Å². The van der Waals surface area contributed by atoms with Crippen LogP contribution in [0.25, 0.3) is 0 Å². The van der Waals surface area contributed by atoms with Crippen LogP contribution in [-0.2, 0) is 0 Å². The Morgan fingerprint density at radius 1 is 1.14 bits per heavy atom. The summed E-state index contributed by atoms with van der Waals surface area (Å²) in [7, 11) is 0. The van der Waals surface area contributed by atoms with Gasteiger partial charge in [0, 0.05) is 0 Å². The molecule has 0 bridgehead atoms. The topological polar surface area (TPSA) is 0 Å². The molecule has 0 N–H and O–H groups in total. The van der Waals surface area contributed by atoms with Crippen LogP contribution in [0.15, 0.2) is 0 Å². The summed E-state index contributed by atoms with van der Waals surface area (Å²) in [6.07, 6.45) is 5.54. The van der Waals surface area contributed by atoms with Gasteiger partial charge in [-0.05, 0) is 0 Å². The first-order valence-corrected chi connectivity index (χ1v) is 4.16. The molecule has 0 atom stereocenters. The summed E-state index contributed by atoms with van der Waals surface area (Å²) in [6.45, 7) is 2.24. The number of rotatable bonds is 4. The maximum atomic E-state index is 2.92. The Hall–Kier alpha value is 1.23. The average Bonchev–Trinajstić information content (AvgIpc) is 1.69. The van der Waals surface area contributed by atoms with Gasteiger partial charge in [0.05, 0.1) is 0 Å². The van der Waals surface area contributed by atoms with Crippen molar-refractivity contribution in [3.05, 3.63) is 0 Å². The Morgan fingerprint density at radius 3 is 2.29 bits per heavy atom. The van der Waals surface area contributed by atoms with Crippen LogP contribution in [-0.4, -0.2) is 0 Å². The molecular weight excluding hydrogens is 241 g/mol. The van der Waals surface area contributed by atoms with E-state index in [0.717, 1.165) is 0 Å². The van der Waals surface area contributed by atoms with Crippen LogP contribution in [0.2, 0.25) is 2.64 Å². The SMILES string of the molecule is CCCCC[CH2][Tm]. The molecule has 7 heavy (non-hydrogen) atoms. The minimum absolute atomic E-state index is 1.25. The van der Waals surface area contributed by atoms with E-state index in [9.17, 15) is 0 Å². The van der Waals surface area contributed by atoms with Crippen molar-refractivity contribution in [1.82, 2.24) is 0 Å². The van der Waals surface area contributed by atoms with Crippen LogP contribution < -0.4 is 0 Å². The molecule has 0 aromatic rings. The molecule has 0 spiro atoms. The first-order chi connectivity index (χ1) is 3.41. The van der Waals surface area contributed by atoms with E-state index in [1.165, 1.54) is 28.3 Å². The predicted molar refractivity (Wildman–Crippen MR) is 28.9 cm³/mol. The molecule has 0 aliphatic heterocycles. The summed E-state index contributed by atoms with van der Waals surface area (Å²) in [5, 5.41) is 0. The van der Waals surface area contributed by atoms with Crippen LogP contribution in [0.5, 0.6) is 0 Å². The van der Waals surface area contributed by atoms with Gasteiger partial charge in [0.25, 0.3) is 0 Å². The second kappa shape index (κ2) is 7.23. The molecule has 1 heteroatoms. The molecule has 0 saturated heterocycles. The molecule has 0 radical (unpaired) electrons. The van der Waals surface area contributed by atoms with E-state index >= 15 is 0 Å². The third kappa shape index (κ3) is 7.23. The van der Waals surface area contributed by atoms with Crippen molar-refractivity contribution >= 4 is 0 Å². The van der Waals surface area contributed by atoms with Gasteiger partial charge < -0.3 is 0 Å². The summed E-state index contributed by atoms with van der Waals surface area (Å²) in [5.41, 5.74) is 0. The fourth-order valence-electron chi connectivity index (χ4n) is 0.496. The summed E-state index contributed by atoms with van der Waals surface area (Å²) in [5.74, 6) is 0. The molecule has 0 amide bonds. The van der Waals surface area contributed by atoms with E-state index < -0.39 is 0 Å². The van der Waals surface area contributed by atoms with E-state index in [0.29, 0.717) is 0 Å². The molecule has 0 unspecified atom stereocenters. The fourth-order valence-corrected chi connectivity index (χ4v) is 0.941. The standard InChI is InChI=1S/C6H13.Tm/c1-3-5-6-4-2;/h1,3-6H2,2H3;. The van der Waals surface area contributed by atoms with E-state index in [1.807, 2.05) is 0 Å². The van der Waals surface area contributed by atoms with Gasteiger partial charge in [0.15, 0.2) is 0 Å². The zero-order valence-corrected chi connectivity index (χ0v) is 6.59. The molecule has 0 saturated carbocycles. The van der Waals surface area contributed by atoms with Crippen LogP contribution in [0.1, 0.15) is 32.6 Å². The predicted octanol–water partition coefficient (Wildman–Crippen LogP) is 2.53. The van der Waals surface area contributed by atoms with Crippen molar-refractivity contribution < 1.29 is 35.0 Å². The first-order valence-electron chi connectivity index (χ1n) is 2.90. The van der Waals surface area contributed by atoms with Crippen molar-refractivity contribution in [2.75, 3.05) is 0 Å². The second-order valence-electron chi connectivity index (χ2n) is 1.70. The van der Waals surface area contributed by atoms with Gasteiger partial charge in [-0.15, -0.1) is 0 Å². The Bertz CT molecular complexity index is 23.4. The van der Waals surface area contributed by atoms with E-state index in [1.54, 1.807) is 0 Å². The van der Waals surface area contributed by atoms with E-state index in [4.69, 9.17) is 0 Å². The maximum absolute atomic E-state index is 2.92. The third-order valence-electron chi connectivity index (χ3n) is 0.952. The summed E-state index contributed by atoms with van der Waals surface area (Å²) >= 11 is 2.92. The monoisotopic (exact) mass is 254 g/mol. The second-order valence-corrected chi connectivity index (χ2v) is 2.59. The Labute approximate surface area is 69.7 Å². The van der Waals surface area contributed by atoms with Crippen molar-refractivity contribution in [2.24, 2.45) is 0 Å². The zero-order chi connectivity index (χ0) is 5.54. The van der Waals surface area contributed by atoms with Crippen LogP contribution in [0, 0.1) is 35.0 Å². The Kier molecular flexibility index (Phi) is 8.51. The van der Waals surface area contributed by atoms with Gasteiger partial charge in [-0.25, -0.2) is 0 Å². The average molecular weight is 254 g/mol. The van der Waals surface area contributed by atoms with Crippen molar-refractivity contribution in [1.29, 1.82) is 0 Å².